The summed E-state index contributed by atoms with van der Waals surface area (Å²) in [7, 11) is -0.718. The van der Waals surface area contributed by atoms with Gasteiger partial charge in [-0.25, -0.2) is 4.79 Å². The zero-order valence-corrected chi connectivity index (χ0v) is 14.9. The zero-order valence-electron chi connectivity index (χ0n) is 14.2. The van der Waals surface area contributed by atoms with E-state index in [0.29, 0.717) is 21.8 Å². The third-order valence-electron chi connectivity index (χ3n) is 4.54. The number of hydrogen-bond acceptors (Lipinski definition) is 5. The lowest BCUT2D eigenvalue weighted by Crippen LogP contribution is -2.45. The van der Waals surface area contributed by atoms with E-state index in [1.54, 1.807) is 26.0 Å². The zero-order chi connectivity index (χ0) is 17.2. The van der Waals surface area contributed by atoms with Crippen molar-refractivity contribution in [2.45, 2.75) is 58.5 Å². The summed E-state index contributed by atoms with van der Waals surface area (Å²) in [6.45, 7) is 11.2. The first-order chi connectivity index (χ1) is 10.4. The second-order valence-corrected chi connectivity index (χ2v) is 7.72. The van der Waals surface area contributed by atoms with E-state index in [2.05, 4.69) is 0 Å². The van der Waals surface area contributed by atoms with E-state index < -0.39 is 30.1 Å². The van der Waals surface area contributed by atoms with Gasteiger partial charge < -0.3 is 18.8 Å². The summed E-state index contributed by atoms with van der Waals surface area (Å²) < 4.78 is 23.2. The topological polar surface area (TPSA) is 54.0 Å². The maximum absolute atomic E-state index is 12.2. The molecule has 0 saturated carbocycles. The summed E-state index contributed by atoms with van der Waals surface area (Å²) in [6, 6.07) is 3.22. The Kier molecular flexibility index (Phi) is 3.53. The Morgan fingerprint density at radius 3 is 2.09 bits per heavy atom. The average Bonchev–Trinajstić information content (AvgIpc) is 2.55. The summed E-state index contributed by atoms with van der Waals surface area (Å²) in [5.74, 6) is -1.17. The number of esters is 1. The lowest BCUT2D eigenvalue weighted by atomic mass is 9.77. The molecule has 1 fully saturated rings. The highest BCUT2D eigenvalue weighted by Gasteiger charge is 2.54. The van der Waals surface area contributed by atoms with Gasteiger partial charge in [-0.3, -0.25) is 0 Å². The monoisotopic (exact) mass is 338 g/mol. The molecule has 23 heavy (non-hydrogen) atoms. The smallest absolute Gasteiger partial charge is 0.452 e. The largest absolute Gasteiger partial charge is 0.500 e. The standard InChI is InChI=1S/C16H20BClO5/c1-14(2)15(3,4)23-17(22-14)11-10(18)8-7-9-12(11)20-16(5,6)21-13(9)19/h7-8H,1-6H3. The molecule has 1 saturated heterocycles. The lowest BCUT2D eigenvalue weighted by molar-refractivity contribution is -0.126. The molecule has 3 rings (SSSR count). The summed E-state index contributed by atoms with van der Waals surface area (Å²) in [5, 5.41) is 0.424. The molecule has 7 heteroatoms. The highest BCUT2D eigenvalue weighted by atomic mass is 35.5. The number of rotatable bonds is 1. The Bertz CT molecular complexity index is 667. The van der Waals surface area contributed by atoms with Gasteiger partial charge in [-0.05, 0) is 39.8 Å². The molecule has 5 nitrogen and oxygen atoms in total. The van der Waals surface area contributed by atoms with Crippen LogP contribution in [0.1, 0.15) is 51.9 Å². The normalized spacial score (nSPS) is 24.0. The summed E-state index contributed by atoms with van der Waals surface area (Å²) in [4.78, 5) is 12.2. The van der Waals surface area contributed by atoms with Crippen molar-refractivity contribution in [2.24, 2.45) is 0 Å². The van der Waals surface area contributed by atoms with E-state index in [4.69, 9.17) is 30.4 Å². The van der Waals surface area contributed by atoms with E-state index in [9.17, 15) is 4.79 Å². The Balaban J connectivity index is 2.12. The molecule has 124 valence electrons. The van der Waals surface area contributed by atoms with Crippen LogP contribution in [0.4, 0.5) is 0 Å². The molecule has 0 aliphatic carbocycles. The van der Waals surface area contributed by atoms with Crippen LogP contribution in [0.2, 0.25) is 5.02 Å². The first-order valence-electron chi connectivity index (χ1n) is 7.54. The van der Waals surface area contributed by atoms with Crippen molar-refractivity contribution in [3.05, 3.63) is 22.7 Å². The molecule has 2 aliphatic heterocycles. The lowest BCUT2D eigenvalue weighted by Gasteiger charge is -2.33. The fourth-order valence-electron chi connectivity index (χ4n) is 2.57. The summed E-state index contributed by atoms with van der Waals surface area (Å²) in [5.41, 5.74) is -0.200. The van der Waals surface area contributed by atoms with Crippen LogP contribution in [0.25, 0.3) is 0 Å². The Hall–Kier alpha value is -1.24. The fraction of sp³-hybridized carbons (Fsp3) is 0.562. The first kappa shape index (κ1) is 16.6. The average molecular weight is 339 g/mol. The van der Waals surface area contributed by atoms with E-state index in [0.717, 1.165) is 0 Å². The van der Waals surface area contributed by atoms with Crippen LogP contribution in [0.15, 0.2) is 12.1 Å². The molecule has 0 atom stereocenters. The van der Waals surface area contributed by atoms with Crippen LogP contribution in [0, 0.1) is 0 Å². The van der Waals surface area contributed by atoms with Crippen molar-refractivity contribution in [2.75, 3.05) is 0 Å². The molecule has 2 aliphatic rings. The number of halogens is 1. The predicted molar refractivity (Wildman–Crippen MR) is 87.3 cm³/mol. The van der Waals surface area contributed by atoms with E-state index >= 15 is 0 Å². The fourth-order valence-corrected chi connectivity index (χ4v) is 2.81. The van der Waals surface area contributed by atoms with Gasteiger partial charge in [0, 0.05) is 24.3 Å². The van der Waals surface area contributed by atoms with Gasteiger partial charge in [0.25, 0.3) is 0 Å². The van der Waals surface area contributed by atoms with Gasteiger partial charge >= 0.3 is 13.1 Å². The quantitative estimate of drug-likeness (QED) is 0.582. The number of benzene rings is 1. The highest BCUT2D eigenvalue weighted by Crippen LogP contribution is 2.40. The molecule has 0 amide bonds. The molecular weight excluding hydrogens is 318 g/mol. The van der Waals surface area contributed by atoms with Crippen molar-refractivity contribution < 1.29 is 23.6 Å². The van der Waals surface area contributed by atoms with Gasteiger partial charge in [0.05, 0.1) is 11.2 Å². The Morgan fingerprint density at radius 1 is 0.957 bits per heavy atom. The second kappa shape index (κ2) is 4.88. The van der Waals surface area contributed by atoms with Gasteiger partial charge in [0.15, 0.2) is 0 Å². The van der Waals surface area contributed by atoms with Crippen molar-refractivity contribution in [3.8, 4) is 5.75 Å². The number of carbonyl (C=O) groups is 1. The van der Waals surface area contributed by atoms with Gasteiger partial charge in [-0.2, -0.15) is 0 Å². The number of carbonyl (C=O) groups excluding carboxylic acids is 1. The van der Waals surface area contributed by atoms with Crippen LogP contribution >= 0.6 is 11.6 Å². The van der Waals surface area contributed by atoms with Crippen molar-refractivity contribution in [3.63, 3.8) is 0 Å². The minimum atomic E-state index is -1.08. The van der Waals surface area contributed by atoms with Crippen molar-refractivity contribution in [1.29, 1.82) is 0 Å². The van der Waals surface area contributed by atoms with Crippen LogP contribution in [-0.2, 0) is 14.0 Å². The van der Waals surface area contributed by atoms with E-state index in [-0.39, 0.29) is 0 Å². The maximum atomic E-state index is 12.2. The molecule has 0 spiro atoms. The number of ether oxygens (including phenoxy) is 2. The van der Waals surface area contributed by atoms with Crippen LogP contribution in [-0.4, -0.2) is 30.1 Å². The molecule has 1 aromatic rings. The molecule has 0 bridgehead atoms. The third-order valence-corrected chi connectivity index (χ3v) is 4.87. The van der Waals surface area contributed by atoms with Crippen molar-refractivity contribution >= 4 is 30.2 Å². The summed E-state index contributed by atoms with van der Waals surface area (Å²) in [6.07, 6.45) is 0. The minimum absolute atomic E-state index is 0.318. The molecule has 0 aromatic heterocycles. The number of cyclic esters (lactones) is 1. The molecule has 2 heterocycles. The second-order valence-electron chi connectivity index (χ2n) is 7.32. The maximum Gasteiger partial charge on any atom is 0.500 e. The van der Waals surface area contributed by atoms with E-state index in [1.165, 1.54) is 0 Å². The van der Waals surface area contributed by atoms with Crippen molar-refractivity contribution in [1.82, 2.24) is 0 Å². The van der Waals surface area contributed by atoms with E-state index in [1.807, 2.05) is 27.7 Å². The van der Waals surface area contributed by atoms with Crippen LogP contribution in [0.3, 0.4) is 0 Å². The number of hydrogen-bond donors (Lipinski definition) is 0. The molecule has 0 N–H and O–H groups in total. The molecule has 0 unspecified atom stereocenters. The predicted octanol–water partition coefficient (Wildman–Crippen LogP) is 2.92. The third kappa shape index (κ3) is 2.63. The Morgan fingerprint density at radius 2 is 1.52 bits per heavy atom. The minimum Gasteiger partial charge on any atom is -0.452 e. The van der Waals surface area contributed by atoms with Crippen LogP contribution in [0.5, 0.6) is 5.75 Å². The molecule has 0 radical (unpaired) electrons. The van der Waals surface area contributed by atoms with Gasteiger partial charge in [-0.15, -0.1) is 0 Å². The first-order valence-corrected chi connectivity index (χ1v) is 7.92. The number of fused-ring (bicyclic) bond motifs is 1. The Labute approximate surface area is 141 Å². The highest BCUT2D eigenvalue weighted by molar-refractivity contribution is 6.67. The van der Waals surface area contributed by atoms with Gasteiger partial charge in [0.2, 0.25) is 5.79 Å². The van der Waals surface area contributed by atoms with Crippen LogP contribution < -0.4 is 10.2 Å². The van der Waals surface area contributed by atoms with Gasteiger partial charge in [-0.1, -0.05) is 11.6 Å². The van der Waals surface area contributed by atoms with Gasteiger partial charge in [0.1, 0.15) is 11.3 Å². The molecular formula is C16H20BClO5. The SMILES string of the molecule is CC1(C)OC(=O)c2ccc(Cl)c(B3OC(C)(C)C(C)(C)O3)c2O1. The molecule has 1 aromatic carbocycles. The summed E-state index contributed by atoms with van der Waals surface area (Å²) >= 11 is 6.38.